The van der Waals surface area contributed by atoms with E-state index in [0.29, 0.717) is 5.02 Å². The lowest BCUT2D eigenvalue weighted by Crippen LogP contribution is -2.10. The van der Waals surface area contributed by atoms with Crippen LogP contribution in [-0.2, 0) is 0 Å². The Morgan fingerprint density at radius 2 is 2.00 bits per heavy atom. The fourth-order valence-electron chi connectivity index (χ4n) is 1.19. The summed E-state index contributed by atoms with van der Waals surface area (Å²) in [4.78, 5) is 10.6. The van der Waals surface area contributed by atoms with Gasteiger partial charge in [0.15, 0.2) is 0 Å². The Labute approximate surface area is 87.3 Å². The molecule has 0 aliphatic carbocycles. The van der Waals surface area contributed by atoms with Crippen LogP contribution in [0.1, 0.15) is 0 Å². The molecular weight excluding hydrogens is 198 g/mol. The zero-order valence-corrected chi connectivity index (χ0v) is 8.78. The molecule has 0 amide bonds. The maximum atomic E-state index is 5.84. The fourth-order valence-corrected chi connectivity index (χ4v) is 1.36. The smallest absolute Gasteiger partial charge is 0.147 e. The summed E-state index contributed by atoms with van der Waals surface area (Å²) in [6, 6.07) is 5.50. The standard InChI is InChI=1S/C10H10ClN3/c1-14(2)10-6-12-9-5-7(11)3-4-8(9)13-10/h3-6H,1-2H3. The molecule has 1 aromatic carbocycles. The number of halogens is 1. The number of rotatable bonds is 1. The van der Waals surface area contributed by atoms with Gasteiger partial charge in [-0.25, -0.2) is 4.98 Å². The Morgan fingerprint density at radius 1 is 1.21 bits per heavy atom. The topological polar surface area (TPSA) is 29.0 Å². The second kappa shape index (κ2) is 3.42. The lowest BCUT2D eigenvalue weighted by atomic mass is 10.3. The largest absolute Gasteiger partial charge is 0.361 e. The third-order valence-electron chi connectivity index (χ3n) is 1.95. The summed E-state index contributed by atoms with van der Waals surface area (Å²) in [5, 5.41) is 0.685. The third kappa shape index (κ3) is 1.63. The summed E-state index contributed by atoms with van der Waals surface area (Å²) < 4.78 is 0. The van der Waals surface area contributed by atoms with Crippen molar-refractivity contribution in [2.45, 2.75) is 0 Å². The van der Waals surface area contributed by atoms with Gasteiger partial charge in [0.05, 0.1) is 17.2 Å². The van der Waals surface area contributed by atoms with Crippen LogP contribution in [0.2, 0.25) is 5.02 Å². The molecule has 72 valence electrons. The molecular formula is C10H10ClN3. The Kier molecular flexibility index (Phi) is 2.25. The Hall–Kier alpha value is -1.35. The summed E-state index contributed by atoms with van der Waals surface area (Å²) in [5.74, 6) is 0.847. The van der Waals surface area contributed by atoms with Gasteiger partial charge in [-0.2, -0.15) is 0 Å². The lowest BCUT2D eigenvalue weighted by Gasteiger charge is -2.10. The molecule has 2 rings (SSSR count). The highest BCUT2D eigenvalue weighted by molar-refractivity contribution is 6.31. The van der Waals surface area contributed by atoms with E-state index in [1.807, 2.05) is 37.2 Å². The molecule has 0 aliphatic rings. The average Bonchev–Trinajstić information content (AvgIpc) is 2.16. The molecule has 0 saturated carbocycles. The first-order valence-corrected chi connectivity index (χ1v) is 4.64. The van der Waals surface area contributed by atoms with Crippen molar-refractivity contribution in [1.29, 1.82) is 0 Å². The highest BCUT2D eigenvalue weighted by Crippen LogP contribution is 2.17. The highest BCUT2D eigenvalue weighted by atomic mass is 35.5. The van der Waals surface area contributed by atoms with Crippen LogP contribution in [0.25, 0.3) is 11.0 Å². The molecule has 0 N–H and O–H groups in total. The van der Waals surface area contributed by atoms with E-state index in [4.69, 9.17) is 11.6 Å². The zero-order valence-electron chi connectivity index (χ0n) is 8.03. The first kappa shape index (κ1) is 9.21. The number of hydrogen-bond donors (Lipinski definition) is 0. The van der Waals surface area contributed by atoms with Crippen molar-refractivity contribution in [3.05, 3.63) is 29.4 Å². The first-order chi connectivity index (χ1) is 6.66. The fraction of sp³-hybridized carbons (Fsp3) is 0.200. The van der Waals surface area contributed by atoms with E-state index in [1.165, 1.54) is 0 Å². The van der Waals surface area contributed by atoms with Gasteiger partial charge >= 0.3 is 0 Å². The number of nitrogens with zero attached hydrogens (tertiary/aromatic N) is 3. The number of benzene rings is 1. The van der Waals surface area contributed by atoms with Gasteiger partial charge in [0.1, 0.15) is 5.82 Å². The van der Waals surface area contributed by atoms with Crippen LogP contribution < -0.4 is 4.90 Å². The van der Waals surface area contributed by atoms with E-state index >= 15 is 0 Å². The zero-order chi connectivity index (χ0) is 10.1. The van der Waals surface area contributed by atoms with Gasteiger partial charge in [0, 0.05) is 19.1 Å². The molecule has 0 spiro atoms. The van der Waals surface area contributed by atoms with Gasteiger partial charge in [-0.3, -0.25) is 4.98 Å². The summed E-state index contributed by atoms with van der Waals surface area (Å²) in [7, 11) is 3.87. The summed E-state index contributed by atoms with van der Waals surface area (Å²) in [5.41, 5.74) is 1.68. The van der Waals surface area contributed by atoms with Crippen molar-refractivity contribution in [2.75, 3.05) is 19.0 Å². The van der Waals surface area contributed by atoms with Crippen molar-refractivity contribution >= 4 is 28.5 Å². The maximum absolute atomic E-state index is 5.84. The van der Waals surface area contributed by atoms with Crippen molar-refractivity contribution in [2.24, 2.45) is 0 Å². The van der Waals surface area contributed by atoms with E-state index in [0.717, 1.165) is 16.9 Å². The molecule has 1 aromatic heterocycles. The van der Waals surface area contributed by atoms with E-state index < -0.39 is 0 Å². The maximum Gasteiger partial charge on any atom is 0.147 e. The van der Waals surface area contributed by atoms with Gasteiger partial charge in [-0.15, -0.1) is 0 Å². The molecule has 2 aromatic rings. The van der Waals surface area contributed by atoms with Gasteiger partial charge in [-0.1, -0.05) is 11.6 Å². The second-order valence-electron chi connectivity index (χ2n) is 3.26. The van der Waals surface area contributed by atoms with Crippen molar-refractivity contribution in [3.63, 3.8) is 0 Å². The van der Waals surface area contributed by atoms with Crippen LogP contribution in [0, 0.1) is 0 Å². The molecule has 0 unspecified atom stereocenters. The molecule has 0 atom stereocenters. The highest BCUT2D eigenvalue weighted by Gasteiger charge is 2.01. The monoisotopic (exact) mass is 207 g/mol. The van der Waals surface area contributed by atoms with Crippen LogP contribution in [-0.4, -0.2) is 24.1 Å². The van der Waals surface area contributed by atoms with E-state index in [1.54, 1.807) is 6.20 Å². The normalized spacial score (nSPS) is 10.5. The minimum absolute atomic E-state index is 0.685. The predicted octanol–water partition coefficient (Wildman–Crippen LogP) is 2.35. The minimum atomic E-state index is 0.685. The second-order valence-corrected chi connectivity index (χ2v) is 3.69. The molecule has 0 aliphatic heterocycles. The van der Waals surface area contributed by atoms with Gasteiger partial charge in [-0.05, 0) is 18.2 Å². The van der Waals surface area contributed by atoms with Crippen molar-refractivity contribution in [3.8, 4) is 0 Å². The number of aromatic nitrogens is 2. The molecule has 3 nitrogen and oxygen atoms in total. The van der Waals surface area contributed by atoms with Crippen LogP contribution in [0.5, 0.6) is 0 Å². The Balaban J connectivity index is 2.62. The third-order valence-corrected chi connectivity index (χ3v) is 2.18. The molecule has 1 heterocycles. The van der Waals surface area contributed by atoms with E-state index in [9.17, 15) is 0 Å². The summed E-state index contributed by atoms with van der Waals surface area (Å²) >= 11 is 5.84. The van der Waals surface area contributed by atoms with E-state index in [-0.39, 0.29) is 0 Å². The van der Waals surface area contributed by atoms with Crippen LogP contribution >= 0.6 is 11.6 Å². The SMILES string of the molecule is CN(C)c1cnc2cc(Cl)ccc2n1. The molecule has 4 heteroatoms. The molecule has 0 radical (unpaired) electrons. The van der Waals surface area contributed by atoms with Gasteiger partial charge < -0.3 is 4.90 Å². The predicted molar refractivity (Wildman–Crippen MR) is 58.9 cm³/mol. The van der Waals surface area contributed by atoms with Crippen molar-refractivity contribution in [1.82, 2.24) is 9.97 Å². The molecule has 0 fully saturated rings. The Bertz CT molecular complexity index is 468. The van der Waals surface area contributed by atoms with E-state index in [2.05, 4.69) is 9.97 Å². The molecule has 14 heavy (non-hydrogen) atoms. The first-order valence-electron chi connectivity index (χ1n) is 4.26. The summed E-state index contributed by atoms with van der Waals surface area (Å²) in [6.07, 6.45) is 1.73. The number of hydrogen-bond acceptors (Lipinski definition) is 3. The quantitative estimate of drug-likeness (QED) is 0.719. The van der Waals surface area contributed by atoms with Crippen LogP contribution in [0.3, 0.4) is 0 Å². The molecule has 0 bridgehead atoms. The van der Waals surface area contributed by atoms with Crippen molar-refractivity contribution < 1.29 is 0 Å². The van der Waals surface area contributed by atoms with Gasteiger partial charge in [0.2, 0.25) is 0 Å². The lowest BCUT2D eigenvalue weighted by molar-refractivity contribution is 1.06. The summed E-state index contributed by atoms with van der Waals surface area (Å²) in [6.45, 7) is 0. The molecule has 0 saturated heterocycles. The van der Waals surface area contributed by atoms with Gasteiger partial charge in [0.25, 0.3) is 0 Å². The number of anilines is 1. The average molecular weight is 208 g/mol. The number of fused-ring (bicyclic) bond motifs is 1. The Morgan fingerprint density at radius 3 is 2.71 bits per heavy atom. The van der Waals surface area contributed by atoms with Crippen LogP contribution in [0.15, 0.2) is 24.4 Å². The minimum Gasteiger partial charge on any atom is -0.361 e. The van der Waals surface area contributed by atoms with Crippen LogP contribution in [0.4, 0.5) is 5.82 Å².